The summed E-state index contributed by atoms with van der Waals surface area (Å²) in [6, 6.07) is 5.76. The Morgan fingerprint density at radius 1 is 1.33 bits per heavy atom. The summed E-state index contributed by atoms with van der Waals surface area (Å²) in [4.78, 5) is 0. The van der Waals surface area contributed by atoms with E-state index >= 15 is 0 Å². The van der Waals surface area contributed by atoms with E-state index in [1.807, 2.05) is 25.1 Å². The maximum Gasteiger partial charge on any atom is 0.127 e. The van der Waals surface area contributed by atoms with Crippen molar-refractivity contribution in [3.63, 3.8) is 0 Å². The minimum atomic E-state index is 0.711. The highest BCUT2D eigenvalue weighted by molar-refractivity contribution is 5.40. The van der Waals surface area contributed by atoms with Gasteiger partial charge in [-0.2, -0.15) is 0 Å². The Balaban J connectivity index is 2.82. The number of benzene rings is 1. The Morgan fingerprint density at radius 2 is 2.07 bits per heavy atom. The average Bonchev–Trinajstić information content (AvgIpc) is 2.25. The van der Waals surface area contributed by atoms with Crippen molar-refractivity contribution in [1.82, 2.24) is 5.32 Å². The Kier molecular flexibility index (Phi) is 4.03. The summed E-state index contributed by atoms with van der Waals surface area (Å²) in [5.41, 5.74) is 2.02. The molecule has 0 fully saturated rings. The predicted molar refractivity (Wildman–Crippen MR) is 61.2 cm³/mol. The third-order valence-electron chi connectivity index (χ3n) is 2.07. The summed E-state index contributed by atoms with van der Waals surface area (Å²) in [6.45, 7) is 6.42. The Hall–Kier alpha value is -1.64. The normalized spacial score (nSPS) is 9.53. The van der Waals surface area contributed by atoms with E-state index in [0.717, 1.165) is 22.8 Å². The number of hydrogen-bond donors (Lipinski definition) is 1. The fourth-order valence-electron chi connectivity index (χ4n) is 1.24. The molecule has 3 heteroatoms. The molecule has 0 aliphatic heterocycles. The summed E-state index contributed by atoms with van der Waals surface area (Å²) in [6.07, 6.45) is 0. The maximum atomic E-state index is 5.27. The molecular formula is C12H17NO2. The molecule has 0 aliphatic rings. The highest BCUT2D eigenvalue weighted by atomic mass is 16.5. The van der Waals surface area contributed by atoms with Crippen LogP contribution in [0.25, 0.3) is 0 Å². The van der Waals surface area contributed by atoms with Crippen LogP contribution in [0.2, 0.25) is 0 Å². The second kappa shape index (κ2) is 5.29. The number of allylic oxidation sites excluding steroid dienone is 1. The zero-order valence-corrected chi connectivity index (χ0v) is 9.46. The second-order valence-electron chi connectivity index (χ2n) is 3.31. The summed E-state index contributed by atoms with van der Waals surface area (Å²) in [5, 5.41) is 3.16. The Bertz CT molecular complexity index is 347. The standard InChI is InChI=1S/C12H17NO2/c1-9(2)13-8-10-5-6-11(14-3)7-12(10)15-4/h5-7,13H,1,8H2,2-4H3. The quantitative estimate of drug-likeness (QED) is 0.803. The first-order valence-corrected chi connectivity index (χ1v) is 4.77. The largest absolute Gasteiger partial charge is 0.497 e. The molecule has 3 nitrogen and oxygen atoms in total. The molecular weight excluding hydrogens is 190 g/mol. The molecule has 1 N–H and O–H groups in total. The van der Waals surface area contributed by atoms with E-state index in [1.54, 1.807) is 14.2 Å². The maximum absolute atomic E-state index is 5.27. The van der Waals surface area contributed by atoms with Gasteiger partial charge in [-0.3, -0.25) is 0 Å². The van der Waals surface area contributed by atoms with Crippen LogP contribution in [0, 0.1) is 0 Å². The number of hydrogen-bond acceptors (Lipinski definition) is 3. The molecule has 0 aliphatic carbocycles. The molecule has 0 saturated heterocycles. The molecule has 0 radical (unpaired) electrons. The van der Waals surface area contributed by atoms with E-state index in [9.17, 15) is 0 Å². The third kappa shape index (κ3) is 3.20. The summed E-state index contributed by atoms with van der Waals surface area (Å²) >= 11 is 0. The van der Waals surface area contributed by atoms with Crippen LogP contribution in [0.4, 0.5) is 0 Å². The van der Waals surface area contributed by atoms with Crippen LogP contribution in [0.1, 0.15) is 12.5 Å². The van der Waals surface area contributed by atoms with Gasteiger partial charge in [-0.1, -0.05) is 6.58 Å². The lowest BCUT2D eigenvalue weighted by Gasteiger charge is -2.11. The summed E-state index contributed by atoms with van der Waals surface area (Å²) in [5.74, 6) is 1.62. The van der Waals surface area contributed by atoms with Crippen molar-refractivity contribution >= 4 is 0 Å². The van der Waals surface area contributed by atoms with Gasteiger partial charge in [0, 0.05) is 23.9 Å². The van der Waals surface area contributed by atoms with Gasteiger partial charge in [0.05, 0.1) is 14.2 Å². The fourth-order valence-corrected chi connectivity index (χ4v) is 1.24. The smallest absolute Gasteiger partial charge is 0.127 e. The molecule has 0 bridgehead atoms. The van der Waals surface area contributed by atoms with E-state index in [4.69, 9.17) is 9.47 Å². The van der Waals surface area contributed by atoms with Gasteiger partial charge >= 0.3 is 0 Å². The zero-order chi connectivity index (χ0) is 11.3. The van der Waals surface area contributed by atoms with E-state index in [0.29, 0.717) is 6.54 Å². The van der Waals surface area contributed by atoms with Gasteiger partial charge in [-0.15, -0.1) is 0 Å². The molecule has 0 aromatic heterocycles. The number of rotatable bonds is 5. The van der Waals surface area contributed by atoms with Crippen LogP contribution < -0.4 is 14.8 Å². The molecule has 82 valence electrons. The lowest BCUT2D eigenvalue weighted by atomic mass is 10.2. The number of methoxy groups -OCH3 is 2. The Labute approximate surface area is 90.7 Å². The van der Waals surface area contributed by atoms with Crippen molar-refractivity contribution in [2.24, 2.45) is 0 Å². The van der Waals surface area contributed by atoms with Gasteiger partial charge in [-0.05, 0) is 19.1 Å². The lowest BCUT2D eigenvalue weighted by molar-refractivity contribution is 0.390. The molecule has 0 atom stereocenters. The predicted octanol–water partition coefficient (Wildman–Crippen LogP) is 2.33. The van der Waals surface area contributed by atoms with Gasteiger partial charge in [0.15, 0.2) is 0 Å². The summed E-state index contributed by atoms with van der Waals surface area (Å²) < 4.78 is 10.4. The topological polar surface area (TPSA) is 30.5 Å². The molecule has 15 heavy (non-hydrogen) atoms. The SMILES string of the molecule is C=C(C)NCc1ccc(OC)cc1OC. The van der Waals surface area contributed by atoms with Gasteiger partial charge in [-0.25, -0.2) is 0 Å². The fraction of sp³-hybridized carbons (Fsp3) is 0.333. The van der Waals surface area contributed by atoms with E-state index < -0.39 is 0 Å². The van der Waals surface area contributed by atoms with Crippen molar-refractivity contribution < 1.29 is 9.47 Å². The molecule has 1 aromatic rings. The van der Waals surface area contributed by atoms with Crippen molar-refractivity contribution in [2.45, 2.75) is 13.5 Å². The summed E-state index contributed by atoms with van der Waals surface area (Å²) in [7, 11) is 3.29. The number of ether oxygens (including phenoxy) is 2. The monoisotopic (exact) mass is 207 g/mol. The molecule has 0 saturated carbocycles. The first kappa shape index (κ1) is 11.4. The van der Waals surface area contributed by atoms with E-state index in [1.165, 1.54) is 0 Å². The molecule has 0 unspecified atom stereocenters. The molecule has 0 spiro atoms. The Morgan fingerprint density at radius 3 is 2.60 bits per heavy atom. The minimum absolute atomic E-state index is 0.711. The van der Waals surface area contributed by atoms with Crippen molar-refractivity contribution in [1.29, 1.82) is 0 Å². The van der Waals surface area contributed by atoms with Crippen LogP contribution in [-0.4, -0.2) is 14.2 Å². The van der Waals surface area contributed by atoms with Crippen LogP contribution in [-0.2, 0) is 6.54 Å². The highest BCUT2D eigenvalue weighted by Gasteiger charge is 2.04. The lowest BCUT2D eigenvalue weighted by Crippen LogP contribution is -2.10. The van der Waals surface area contributed by atoms with Gasteiger partial charge < -0.3 is 14.8 Å². The van der Waals surface area contributed by atoms with E-state index in [-0.39, 0.29) is 0 Å². The van der Waals surface area contributed by atoms with E-state index in [2.05, 4.69) is 11.9 Å². The highest BCUT2D eigenvalue weighted by Crippen LogP contribution is 2.24. The van der Waals surface area contributed by atoms with Crippen LogP contribution in [0.5, 0.6) is 11.5 Å². The van der Waals surface area contributed by atoms with Gasteiger partial charge in [0.25, 0.3) is 0 Å². The molecule has 0 heterocycles. The molecule has 0 amide bonds. The van der Waals surface area contributed by atoms with Crippen LogP contribution >= 0.6 is 0 Å². The zero-order valence-electron chi connectivity index (χ0n) is 9.46. The minimum Gasteiger partial charge on any atom is -0.497 e. The van der Waals surface area contributed by atoms with Crippen molar-refractivity contribution in [3.05, 3.63) is 36.0 Å². The number of nitrogens with one attached hydrogen (secondary N) is 1. The molecule has 1 aromatic carbocycles. The second-order valence-corrected chi connectivity index (χ2v) is 3.31. The average molecular weight is 207 g/mol. The third-order valence-corrected chi connectivity index (χ3v) is 2.07. The van der Waals surface area contributed by atoms with Crippen LogP contribution in [0.15, 0.2) is 30.5 Å². The van der Waals surface area contributed by atoms with Gasteiger partial charge in [0.1, 0.15) is 11.5 Å². The van der Waals surface area contributed by atoms with Gasteiger partial charge in [0.2, 0.25) is 0 Å². The first-order valence-electron chi connectivity index (χ1n) is 4.77. The first-order chi connectivity index (χ1) is 7.17. The van der Waals surface area contributed by atoms with Crippen LogP contribution in [0.3, 0.4) is 0 Å². The van der Waals surface area contributed by atoms with Crippen molar-refractivity contribution in [2.75, 3.05) is 14.2 Å². The molecule has 1 rings (SSSR count). The van der Waals surface area contributed by atoms with Crippen molar-refractivity contribution in [3.8, 4) is 11.5 Å².